The molecule has 13 heteroatoms. The molecule has 1 aliphatic rings. The van der Waals surface area contributed by atoms with Gasteiger partial charge < -0.3 is 24.4 Å². The first-order valence-electron chi connectivity index (χ1n) is 15.2. The summed E-state index contributed by atoms with van der Waals surface area (Å²) < 4.78 is 20.8. The van der Waals surface area contributed by atoms with Crippen LogP contribution >= 0.6 is 11.6 Å². The van der Waals surface area contributed by atoms with Crippen LogP contribution in [0.3, 0.4) is 0 Å². The molecule has 0 unspecified atom stereocenters. The lowest BCUT2D eigenvalue weighted by Crippen LogP contribution is -2.47. The first kappa shape index (κ1) is 32.7. The van der Waals surface area contributed by atoms with Gasteiger partial charge >= 0.3 is 5.97 Å². The fourth-order valence-electron chi connectivity index (χ4n) is 5.14. The molecule has 1 atom stereocenters. The minimum absolute atomic E-state index is 0.133. The van der Waals surface area contributed by atoms with E-state index in [-0.39, 0.29) is 24.8 Å². The van der Waals surface area contributed by atoms with Crippen LogP contribution in [0.15, 0.2) is 48.7 Å². The molecule has 4 aromatic rings. The molecule has 0 saturated carbocycles. The summed E-state index contributed by atoms with van der Waals surface area (Å²) in [6, 6.07) is 14.1. The van der Waals surface area contributed by atoms with Gasteiger partial charge in [-0.1, -0.05) is 61.6 Å². The van der Waals surface area contributed by atoms with Gasteiger partial charge in [0.25, 0.3) is 0 Å². The molecule has 2 aromatic carbocycles. The molecule has 3 heterocycles. The molecule has 0 fully saturated rings. The van der Waals surface area contributed by atoms with Crippen LogP contribution in [-0.4, -0.2) is 79.0 Å². The number of hydrogen-bond acceptors (Lipinski definition) is 8. The zero-order valence-corrected chi connectivity index (χ0v) is 28.3. The number of ether oxygens (including phenoxy) is 3. The minimum atomic E-state index is -1.19. The highest BCUT2D eigenvalue weighted by atomic mass is 35.5. The maximum atomic E-state index is 13.5. The Bertz CT molecular complexity index is 1650. The molecule has 0 saturated heterocycles. The molecular weight excluding hydrogens is 612 g/mol. The predicted octanol–water partition coefficient (Wildman–Crippen LogP) is 4.98. The van der Waals surface area contributed by atoms with Crippen molar-refractivity contribution >= 4 is 48.1 Å². The number of fused-ring (bicyclic) bond motifs is 2. The molecule has 0 aliphatic carbocycles. The van der Waals surface area contributed by atoms with Crippen LogP contribution in [0.2, 0.25) is 30.8 Å². The maximum absolute atomic E-state index is 13.5. The Morgan fingerprint density at radius 2 is 1.96 bits per heavy atom. The largest absolute Gasteiger partial charge is 0.489 e. The maximum Gasteiger partial charge on any atom is 0.359 e. The van der Waals surface area contributed by atoms with Crippen molar-refractivity contribution in [1.29, 1.82) is 0 Å². The second-order valence-corrected chi connectivity index (χ2v) is 18.3. The Kier molecular flexibility index (Phi) is 10.3. The number of amides is 1. The van der Waals surface area contributed by atoms with Crippen molar-refractivity contribution in [3.8, 4) is 5.75 Å². The van der Waals surface area contributed by atoms with Crippen LogP contribution in [0.25, 0.3) is 10.9 Å². The number of nitrogens with one attached hydrogen (secondary N) is 1. The summed E-state index contributed by atoms with van der Waals surface area (Å²) in [6.45, 7) is 10.9. The quantitative estimate of drug-likeness (QED) is 0.122. The Balaban J connectivity index is 1.26. The lowest BCUT2D eigenvalue weighted by atomic mass is 10.1. The standard InChI is InChI=1S/C32H41ClN6O5Si/c1-6-43-32(41)29-24(30(33)38(36-29)19-22-10-8-7-9-11-22)12-13-34-25-20-44-28-17-26-23(16-27(28)37(2)31(25)40)18-35-39(26)21-42-14-15-45(3,4)5/h7-11,16-18,25,34H,6,12-15,19-21H2,1-5H3/t25-/m0/s1. The molecule has 2 aromatic heterocycles. The highest BCUT2D eigenvalue weighted by molar-refractivity contribution is 6.76. The summed E-state index contributed by atoms with van der Waals surface area (Å²) in [6.07, 6.45) is 2.14. The lowest BCUT2D eigenvalue weighted by Gasteiger charge is -2.20. The molecule has 0 spiro atoms. The second-order valence-electron chi connectivity index (χ2n) is 12.3. The Labute approximate surface area is 269 Å². The average molecular weight is 653 g/mol. The minimum Gasteiger partial charge on any atom is -0.489 e. The van der Waals surface area contributed by atoms with E-state index in [1.807, 2.05) is 47.1 Å². The predicted molar refractivity (Wildman–Crippen MR) is 177 cm³/mol. The molecular formula is C32H41ClN6O5Si. The van der Waals surface area contributed by atoms with Crippen LogP contribution < -0.4 is 15.0 Å². The fraction of sp³-hybridized carbons (Fsp3) is 0.438. The van der Waals surface area contributed by atoms with Gasteiger partial charge in [0.05, 0.1) is 30.6 Å². The third-order valence-electron chi connectivity index (χ3n) is 7.72. The van der Waals surface area contributed by atoms with Crippen LogP contribution in [0.5, 0.6) is 5.75 Å². The van der Waals surface area contributed by atoms with E-state index in [1.54, 1.807) is 29.7 Å². The molecule has 240 valence electrons. The number of likely N-dealkylation sites (N-methyl/N-ethyl adjacent to an activating group) is 1. The van der Waals surface area contributed by atoms with Gasteiger partial charge in [-0.2, -0.15) is 10.2 Å². The fourth-order valence-corrected chi connectivity index (χ4v) is 6.18. The van der Waals surface area contributed by atoms with Crippen molar-refractivity contribution in [2.24, 2.45) is 0 Å². The van der Waals surface area contributed by atoms with E-state index in [2.05, 4.69) is 35.2 Å². The van der Waals surface area contributed by atoms with Gasteiger partial charge in [-0.15, -0.1) is 0 Å². The van der Waals surface area contributed by atoms with Gasteiger partial charge in [-0.3, -0.25) is 4.79 Å². The van der Waals surface area contributed by atoms with Crippen molar-refractivity contribution in [3.63, 3.8) is 0 Å². The molecule has 45 heavy (non-hydrogen) atoms. The van der Waals surface area contributed by atoms with Crippen molar-refractivity contribution < 1.29 is 23.8 Å². The van der Waals surface area contributed by atoms with Gasteiger partial charge in [-0.25, -0.2) is 14.2 Å². The molecule has 1 aliphatic heterocycles. The third-order valence-corrected chi connectivity index (χ3v) is 9.85. The van der Waals surface area contributed by atoms with Crippen molar-refractivity contribution in [2.75, 3.05) is 38.3 Å². The van der Waals surface area contributed by atoms with Crippen molar-refractivity contribution in [1.82, 2.24) is 24.9 Å². The average Bonchev–Trinajstić information content (AvgIpc) is 3.52. The number of nitrogens with zero attached hydrogens (tertiary/aromatic N) is 5. The number of anilines is 1. The number of hydrogen-bond donors (Lipinski definition) is 1. The summed E-state index contributed by atoms with van der Waals surface area (Å²) in [7, 11) is 0.554. The van der Waals surface area contributed by atoms with Gasteiger partial charge in [0.15, 0.2) is 5.69 Å². The number of aromatic nitrogens is 4. The van der Waals surface area contributed by atoms with Crippen LogP contribution in [0.4, 0.5) is 5.69 Å². The number of benzene rings is 2. The third kappa shape index (κ3) is 7.75. The van der Waals surface area contributed by atoms with E-state index in [0.717, 1.165) is 22.5 Å². The Morgan fingerprint density at radius 1 is 1.18 bits per heavy atom. The Morgan fingerprint density at radius 3 is 2.69 bits per heavy atom. The van der Waals surface area contributed by atoms with Gasteiger partial charge in [0.1, 0.15) is 30.3 Å². The van der Waals surface area contributed by atoms with E-state index in [1.165, 1.54) is 0 Å². The number of halogens is 1. The summed E-state index contributed by atoms with van der Waals surface area (Å²) in [5.41, 5.74) is 3.30. The zero-order chi connectivity index (χ0) is 32.1. The van der Waals surface area contributed by atoms with Gasteiger partial charge in [0, 0.05) is 45.3 Å². The molecule has 0 bridgehead atoms. The molecule has 1 N–H and O–H groups in total. The van der Waals surface area contributed by atoms with Gasteiger partial charge in [-0.05, 0) is 31.0 Å². The number of esters is 1. The van der Waals surface area contributed by atoms with E-state index in [4.69, 9.17) is 25.8 Å². The normalized spacial score (nSPS) is 15.2. The van der Waals surface area contributed by atoms with E-state index >= 15 is 0 Å². The van der Waals surface area contributed by atoms with Crippen LogP contribution in [0, 0.1) is 0 Å². The van der Waals surface area contributed by atoms with E-state index in [9.17, 15) is 9.59 Å². The van der Waals surface area contributed by atoms with Gasteiger partial charge in [0.2, 0.25) is 5.91 Å². The zero-order valence-electron chi connectivity index (χ0n) is 26.5. The monoisotopic (exact) mass is 652 g/mol. The molecule has 0 radical (unpaired) electrons. The smallest absolute Gasteiger partial charge is 0.359 e. The second kappa shape index (κ2) is 14.2. The Hall–Kier alpha value is -3.71. The lowest BCUT2D eigenvalue weighted by molar-refractivity contribution is -0.120. The van der Waals surface area contributed by atoms with Crippen LogP contribution in [-0.2, 0) is 34.0 Å². The molecule has 11 nitrogen and oxygen atoms in total. The van der Waals surface area contributed by atoms with Crippen molar-refractivity contribution in [2.45, 2.75) is 58.3 Å². The number of rotatable bonds is 13. The molecule has 1 amide bonds. The summed E-state index contributed by atoms with van der Waals surface area (Å²) in [4.78, 5) is 27.9. The highest BCUT2D eigenvalue weighted by Gasteiger charge is 2.30. The van der Waals surface area contributed by atoms with Crippen LogP contribution in [0.1, 0.15) is 28.5 Å². The summed E-state index contributed by atoms with van der Waals surface area (Å²) >= 11 is 6.75. The SMILES string of the molecule is CCOC(=O)c1nn(Cc2ccccc2)c(Cl)c1CCN[C@H]1COc2cc3c(cnn3COCC[Si](C)(C)C)cc2N(C)C1=O. The molecule has 5 rings (SSSR count). The number of carbonyl (C=O) groups excluding carboxylic acids is 2. The first-order chi connectivity index (χ1) is 21.6. The van der Waals surface area contributed by atoms with E-state index < -0.39 is 20.1 Å². The number of carbonyl (C=O) groups is 2. The first-order valence-corrected chi connectivity index (χ1v) is 19.3. The highest BCUT2D eigenvalue weighted by Crippen LogP contribution is 2.35. The van der Waals surface area contributed by atoms with E-state index in [0.29, 0.717) is 55.0 Å². The topological polar surface area (TPSA) is 113 Å². The summed E-state index contributed by atoms with van der Waals surface area (Å²) in [5.74, 6) is -0.0645. The summed E-state index contributed by atoms with van der Waals surface area (Å²) in [5, 5.41) is 13.5. The van der Waals surface area contributed by atoms with Crippen molar-refractivity contribution in [3.05, 3.63) is 70.6 Å².